The fourth-order valence-corrected chi connectivity index (χ4v) is 3.18. The van der Waals surface area contributed by atoms with Crippen molar-refractivity contribution in [2.75, 3.05) is 13.1 Å². The number of nitrogens with zero attached hydrogens (tertiary/aromatic N) is 5. The lowest BCUT2D eigenvalue weighted by Crippen LogP contribution is -2.35. The number of aromatic amines is 1. The topological polar surface area (TPSA) is 62.6 Å². The number of imidazole rings is 1. The highest BCUT2D eigenvalue weighted by Gasteiger charge is 2.36. The maximum atomic E-state index is 12.8. The molecule has 2 aromatic heterocycles. The lowest BCUT2D eigenvalue weighted by molar-refractivity contribution is -0.141. The average Bonchev–Trinajstić information content (AvgIpc) is 3.13. The van der Waals surface area contributed by atoms with E-state index in [4.69, 9.17) is 0 Å². The molecule has 1 aliphatic rings. The Hall–Kier alpha value is -1.90. The van der Waals surface area contributed by atoms with Crippen molar-refractivity contribution in [2.24, 2.45) is 7.05 Å². The van der Waals surface area contributed by atoms with E-state index in [9.17, 15) is 13.2 Å². The van der Waals surface area contributed by atoms with Crippen molar-refractivity contribution in [1.82, 2.24) is 29.6 Å². The number of aromatic nitrogens is 5. The summed E-state index contributed by atoms with van der Waals surface area (Å²) in [6.45, 7) is 4.18. The van der Waals surface area contributed by atoms with E-state index in [-0.39, 0.29) is 5.92 Å². The second kappa shape index (κ2) is 6.54. The number of hydrogen-bond acceptors (Lipinski definition) is 4. The zero-order chi connectivity index (χ0) is 17.3. The molecule has 3 heterocycles. The van der Waals surface area contributed by atoms with Crippen LogP contribution in [0.4, 0.5) is 13.2 Å². The van der Waals surface area contributed by atoms with Gasteiger partial charge < -0.3 is 4.57 Å². The van der Waals surface area contributed by atoms with E-state index in [0.29, 0.717) is 18.9 Å². The Morgan fingerprint density at radius 3 is 2.75 bits per heavy atom. The van der Waals surface area contributed by atoms with Crippen LogP contribution in [0.15, 0.2) is 6.20 Å². The van der Waals surface area contributed by atoms with Gasteiger partial charge in [0.25, 0.3) is 0 Å². The van der Waals surface area contributed by atoms with Gasteiger partial charge in [-0.1, -0.05) is 6.92 Å². The number of piperidine rings is 1. The molecule has 0 aromatic carbocycles. The van der Waals surface area contributed by atoms with Crippen LogP contribution < -0.4 is 0 Å². The molecule has 3 rings (SSSR count). The highest BCUT2D eigenvalue weighted by molar-refractivity contribution is 5.12. The third-order valence-electron chi connectivity index (χ3n) is 4.34. The highest BCUT2D eigenvalue weighted by Crippen LogP contribution is 2.32. The van der Waals surface area contributed by atoms with Gasteiger partial charge in [-0.25, -0.2) is 9.97 Å². The summed E-state index contributed by atoms with van der Waals surface area (Å²) in [6.07, 6.45) is -0.797. The molecule has 6 nitrogen and oxygen atoms in total. The first-order valence-corrected chi connectivity index (χ1v) is 8.09. The van der Waals surface area contributed by atoms with E-state index in [2.05, 4.69) is 25.1 Å². The Kier molecular flexibility index (Phi) is 4.62. The standard InChI is InChI=1S/C15H21F3N6/c1-3-12-20-13(22-21-12)9-24-6-4-5-10(7-24)14-19-11(8-23(14)2)15(16,17)18/h8,10H,3-7,9H2,1-2H3,(H,20,21,22). The highest BCUT2D eigenvalue weighted by atomic mass is 19.4. The Morgan fingerprint density at radius 2 is 2.12 bits per heavy atom. The van der Waals surface area contributed by atoms with E-state index in [1.54, 1.807) is 7.05 Å². The van der Waals surface area contributed by atoms with Gasteiger partial charge in [-0.2, -0.15) is 18.3 Å². The van der Waals surface area contributed by atoms with Gasteiger partial charge in [-0.15, -0.1) is 0 Å². The van der Waals surface area contributed by atoms with Crippen molar-refractivity contribution in [3.05, 3.63) is 29.4 Å². The first-order chi connectivity index (χ1) is 11.4. The third-order valence-corrected chi connectivity index (χ3v) is 4.34. The van der Waals surface area contributed by atoms with Crippen LogP contribution >= 0.6 is 0 Å². The van der Waals surface area contributed by atoms with Crippen molar-refractivity contribution in [1.29, 1.82) is 0 Å². The van der Waals surface area contributed by atoms with Crippen LogP contribution in [-0.2, 0) is 26.2 Å². The molecule has 1 aliphatic heterocycles. The summed E-state index contributed by atoms with van der Waals surface area (Å²) in [5.41, 5.74) is -0.819. The van der Waals surface area contributed by atoms with E-state index >= 15 is 0 Å². The van der Waals surface area contributed by atoms with Gasteiger partial charge in [0.2, 0.25) is 0 Å². The number of halogens is 3. The van der Waals surface area contributed by atoms with Gasteiger partial charge in [0, 0.05) is 32.1 Å². The number of nitrogens with one attached hydrogen (secondary N) is 1. The first-order valence-electron chi connectivity index (χ1n) is 8.09. The molecule has 0 radical (unpaired) electrons. The molecule has 0 amide bonds. The Bertz CT molecular complexity index is 690. The summed E-state index contributed by atoms with van der Waals surface area (Å²) in [5, 5.41) is 7.04. The van der Waals surface area contributed by atoms with Crippen molar-refractivity contribution >= 4 is 0 Å². The monoisotopic (exact) mass is 342 g/mol. The summed E-state index contributed by atoms with van der Waals surface area (Å²) >= 11 is 0. The molecule has 1 saturated heterocycles. The van der Waals surface area contributed by atoms with Crippen molar-refractivity contribution in [2.45, 2.75) is 44.8 Å². The lowest BCUT2D eigenvalue weighted by Gasteiger charge is -2.31. The second-order valence-electron chi connectivity index (χ2n) is 6.22. The molecule has 0 aliphatic carbocycles. The summed E-state index contributed by atoms with van der Waals surface area (Å²) in [4.78, 5) is 10.4. The molecule has 2 aromatic rings. The maximum absolute atomic E-state index is 12.8. The van der Waals surface area contributed by atoms with Gasteiger partial charge in [-0.05, 0) is 19.4 Å². The largest absolute Gasteiger partial charge is 0.434 e. The van der Waals surface area contributed by atoms with E-state index in [1.165, 1.54) is 4.57 Å². The van der Waals surface area contributed by atoms with Crippen molar-refractivity contribution in [3.63, 3.8) is 0 Å². The van der Waals surface area contributed by atoms with E-state index < -0.39 is 11.9 Å². The molecule has 9 heteroatoms. The molecular weight excluding hydrogens is 321 g/mol. The van der Waals surface area contributed by atoms with Crippen LogP contribution in [0.2, 0.25) is 0 Å². The minimum absolute atomic E-state index is 0.00610. The first kappa shape index (κ1) is 16.9. The predicted molar refractivity (Wildman–Crippen MR) is 81.2 cm³/mol. The van der Waals surface area contributed by atoms with E-state index in [0.717, 1.165) is 43.7 Å². The molecule has 1 N–H and O–H groups in total. The summed E-state index contributed by atoms with van der Waals surface area (Å²) in [5.74, 6) is 2.06. The Labute approximate surface area is 138 Å². The smallest absolute Gasteiger partial charge is 0.337 e. The van der Waals surface area contributed by atoms with Gasteiger partial charge in [0.05, 0.1) is 6.54 Å². The number of likely N-dealkylation sites (tertiary alicyclic amines) is 1. The summed E-state index contributed by atoms with van der Waals surface area (Å²) in [6, 6.07) is 0. The molecule has 0 bridgehead atoms. The number of hydrogen-bond donors (Lipinski definition) is 1. The fourth-order valence-electron chi connectivity index (χ4n) is 3.18. The maximum Gasteiger partial charge on any atom is 0.434 e. The van der Waals surface area contributed by atoms with E-state index in [1.807, 2.05) is 6.92 Å². The number of rotatable bonds is 4. The SMILES string of the molecule is CCc1n[nH]c(CN2CCCC(c3nc(C(F)(F)F)cn3C)C2)n1. The van der Waals surface area contributed by atoms with Crippen LogP contribution in [0, 0.1) is 0 Å². The van der Waals surface area contributed by atoms with Crippen LogP contribution in [-0.4, -0.2) is 42.7 Å². The molecule has 24 heavy (non-hydrogen) atoms. The Balaban J connectivity index is 1.70. The number of H-pyrrole nitrogens is 1. The minimum Gasteiger partial charge on any atom is -0.337 e. The van der Waals surface area contributed by atoms with Gasteiger partial charge in [-0.3, -0.25) is 10.00 Å². The number of alkyl halides is 3. The number of aryl methyl sites for hydroxylation is 2. The zero-order valence-electron chi connectivity index (χ0n) is 13.8. The second-order valence-corrected chi connectivity index (χ2v) is 6.22. The summed E-state index contributed by atoms with van der Waals surface area (Å²) in [7, 11) is 1.63. The molecule has 0 saturated carbocycles. The summed E-state index contributed by atoms with van der Waals surface area (Å²) < 4.78 is 40.0. The average molecular weight is 342 g/mol. The molecular formula is C15H21F3N6. The van der Waals surface area contributed by atoms with Crippen LogP contribution in [0.3, 0.4) is 0 Å². The van der Waals surface area contributed by atoms with Gasteiger partial charge in [0.1, 0.15) is 17.5 Å². The molecule has 1 fully saturated rings. The van der Waals surface area contributed by atoms with Crippen molar-refractivity contribution < 1.29 is 13.2 Å². The third kappa shape index (κ3) is 3.61. The predicted octanol–water partition coefficient (Wildman–Crippen LogP) is 2.50. The quantitative estimate of drug-likeness (QED) is 0.927. The molecule has 1 atom stereocenters. The van der Waals surface area contributed by atoms with Gasteiger partial charge >= 0.3 is 6.18 Å². The van der Waals surface area contributed by atoms with Gasteiger partial charge in [0.15, 0.2) is 5.69 Å². The normalized spacial score (nSPS) is 19.8. The minimum atomic E-state index is -4.40. The molecule has 1 unspecified atom stereocenters. The zero-order valence-corrected chi connectivity index (χ0v) is 13.8. The van der Waals surface area contributed by atoms with Crippen LogP contribution in [0.5, 0.6) is 0 Å². The van der Waals surface area contributed by atoms with Crippen LogP contribution in [0.25, 0.3) is 0 Å². The van der Waals surface area contributed by atoms with Crippen molar-refractivity contribution in [3.8, 4) is 0 Å². The Morgan fingerprint density at radius 1 is 1.33 bits per heavy atom. The molecule has 0 spiro atoms. The lowest BCUT2D eigenvalue weighted by atomic mass is 9.97. The van der Waals surface area contributed by atoms with Crippen LogP contribution in [0.1, 0.15) is 48.9 Å². The molecule has 132 valence electrons. The fraction of sp³-hybridized carbons (Fsp3) is 0.667.